The molecular weight excluding hydrogens is 370 g/mol. The van der Waals surface area contributed by atoms with Gasteiger partial charge in [-0.3, -0.25) is 9.59 Å². The van der Waals surface area contributed by atoms with Gasteiger partial charge in [0, 0.05) is 17.6 Å². The summed E-state index contributed by atoms with van der Waals surface area (Å²) in [6.07, 6.45) is 13.2. The summed E-state index contributed by atoms with van der Waals surface area (Å²) in [7, 11) is 0. The van der Waals surface area contributed by atoms with Crippen molar-refractivity contribution in [2.75, 3.05) is 0 Å². The van der Waals surface area contributed by atoms with Gasteiger partial charge in [-0.2, -0.15) is 0 Å². The van der Waals surface area contributed by atoms with Crippen LogP contribution in [0.25, 0.3) is 0 Å². The number of nitrogens with two attached hydrogens (primary N) is 1. The largest absolute Gasteiger partial charge is 0.366 e. The van der Waals surface area contributed by atoms with Crippen LogP contribution in [-0.4, -0.2) is 11.7 Å². The molecule has 2 rings (SSSR count). The monoisotopic (exact) mass is 403 g/mol. The van der Waals surface area contributed by atoms with Gasteiger partial charge in [0.05, 0.1) is 0 Å². The number of carbonyl (C=O) groups excluding carboxylic acids is 2. The Morgan fingerprint density at radius 2 is 1.73 bits per heavy atom. The molecule has 0 radical (unpaired) electrons. The van der Waals surface area contributed by atoms with E-state index in [1.165, 1.54) is 17.2 Å². The maximum atomic E-state index is 13.2. The molecule has 1 aliphatic carbocycles. The normalized spacial score (nSPS) is 20.2. The Morgan fingerprint density at radius 3 is 2.37 bits per heavy atom. The molecule has 158 valence electrons. The maximum Gasteiger partial charge on any atom is 0.241 e. The van der Waals surface area contributed by atoms with Gasteiger partial charge in [0.15, 0.2) is 5.78 Å². The first-order valence-corrected chi connectivity index (χ1v) is 10.4. The van der Waals surface area contributed by atoms with E-state index in [4.69, 9.17) is 5.73 Å². The van der Waals surface area contributed by atoms with Crippen molar-refractivity contribution >= 4 is 11.7 Å². The van der Waals surface area contributed by atoms with Crippen molar-refractivity contribution in [1.82, 2.24) is 0 Å². The van der Waals surface area contributed by atoms with E-state index in [0.717, 1.165) is 29.6 Å². The van der Waals surface area contributed by atoms with Crippen molar-refractivity contribution in [3.05, 3.63) is 94.6 Å². The fraction of sp³-hybridized carbons (Fsp3) is 0.333. The summed E-state index contributed by atoms with van der Waals surface area (Å²) in [5, 5.41) is 0. The summed E-state index contributed by atoms with van der Waals surface area (Å²) in [6.45, 7) is 10.4. The van der Waals surface area contributed by atoms with Crippen LogP contribution in [0.2, 0.25) is 0 Å². The molecule has 0 saturated carbocycles. The van der Waals surface area contributed by atoms with Crippen LogP contribution < -0.4 is 5.73 Å². The SMILES string of the molecule is CC1=C(/C=C/C(C)=C/C=C/C(C)=C/C(N)=O)C(C)(C)C(C(=O)c2ccccc2)CC1. The Balaban J connectivity index is 2.21. The lowest BCUT2D eigenvalue weighted by molar-refractivity contribution is -0.113. The number of benzene rings is 1. The molecule has 0 saturated heterocycles. The van der Waals surface area contributed by atoms with E-state index in [0.29, 0.717) is 0 Å². The molecule has 1 aromatic carbocycles. The number of primary amides is 1. The molecule has 1 amide bonds. The van der Waals surface area contributed by atoms with E-state index in [1.54, 1.807) is 0 Å². The smallest absolute Gasteiger partial charge is 0.241 e. The van der Waals surface area contributed by atoms with Crippen LogP contribution in [0.15, 0.2) is 89.1 Å². The van der Waals surface area contributed by atoms with Crippen molar-refractivity contribution in [1.29, 1.82) is 0 Å². The fourth-order valence-corrected chi connectivity index (χ4v) is 4.11. The molecule has 1 aromatic rings. The minimum atomic E-state index is -0.445. The zero-order valence-corrected chi connectivity index (χ0v) is 18.7. The number of Topliss-reactive ketones (excluding diaryl/α,β-unsaturated/α-hetero) is 1. The number of ketones is 1. The predicted octanol–water partition coefficient (Wildman–Crippen LogP) is 6.11. The third-order valence-corrected chi connectivity index (χ3v) is 5.81. The molecule has 0 aliphatic heterocycles. The second-order valence-corrected chi connectivity index (χ2v) is 8.63. The lowest BCUT2D eigenvalue weighted by Gasteiger charge is -2.40. The second kappa shape index (κ2) is 10.2. The third-order valence-electron chi connectivity index (χ3n) is 5.81. The Kier molecular flexibility index (Phi) is 7.93. The van der Waals surface area contributed by atoms with Crippen molar-refractivity contribution in [2.24, 2.45) is 17.1 Å². The Hall–Kier alpha value is -2.94. The van der Waals surface area contributed by atoms with Gasteiger partial charge in [0.25, 0.3) is 0 Å². The highest BCUT2D eigenvalue weighted by atomic mass is 16.1. The minimum Gasteiger partial charge on any atom is -0.366 e. The van der Waals surface area contributed by atoms with Gasteiger partial charge in [-0.15, -0.1) is 0 Å². The van der Waals surface area contributed by atoms with Crippen LogP contribution in [-0.2, 0) is 4.79 Å². The molecule has 0 bridgehead atoms. The topological polar surface area (TPSA) is 60.2 Å². The van der Waals surface area contributed by atoms with E-state index in [2.05, 4.69) is 32.9 Å². The average molecular weight is 404 g/mol. The van der Waals surface area contributed by atoms with Gasteiger partial charge in [-0.25, -0.2) is 0 Å². The first-order chi connectivity index (χ1) is 14.1. The molecule has 1 aliphatic rings. The number of hydrogen-bond donors (Lipinski definition) is 1. The van der Waals surface area contributed by atoms with Crippen LogP contribution in [0, 0.1) is 11.3 Å². The number of allylic oxidation sites excluding steroid dienone is 9. The molecule has 1 unspecified atom stereocenters. The van der Waals surface area contributed by atoms with Crippen LogP contribution in [0.1, 0.15) is 57.8 Å². The van der Waals surface area contributed by atoms with E-state index >= 15 is 0 Å². The highest BCUT2D eigenvalue weighted by Crippen LogP contribution is 2.46. The highest BCUT2D eigenvalue weighted by Gasteiger charge is 2.40. The number of rotatable bonds is 7. The first kappa shape index (κ1) is 23.3. The maximum absolute atomic E-state index is 13.2. The number of hydrogen-bond acceptors (Lipinski definition) is 2. The lowest BCUT2D eigenvalue weighted by atomic mass is 9.63. The lowest BCUT2D eigenvalue weighted by Crippen LogP contribution is -2.35. The van der Waals surface area contributed by atoms with E-state index < -0.39 is 5.91 Å². The average Bonchev–Trinajstić information content (AvgIpc) is 2.67. The first-order valence-electron chi connectivity index (χ1n) is 10.4. The summed E-state index contributed by atoms with van der Waals surface area (Å²) >= 11 is 0. The molecule has 0 aromatic heterocycles. The fourth-order valence-electron chi connectivity index (χ4n) is 4.11. The minimum absolute atomic E-state index is 0.0333. The highest BCUT2D eigenvalue weighted by molar-refractivity contribution is 5.98. The van der Waals surface area contributed by atoms with E-state index in [-0.39, 0.29) is 17.1 Å². The van der Waals surface area contributed by atoms with Gasteiger partial charge >= 0.3 is 0 Å². The Bertz CT molecular complexity index is 940. The van der Waals surface area contributed by atoms with Gasteiger partial charge in [-0.05, 0) is 50.2 Å². The molecule has 0 spiro atoms. The van der Waals surface area contributed by atoms with Gasteiger partial charge in [0.1, 0.15) is 0 Å². The molecule has 30 heavy (non-hydrogen) atoms. The number of carbonyl (C=O) groups is 2. The molecular formula is C27H33NO2. The zero-order valence-electron chi connectivity index (χ0n) is 18.7. The summed E-state index contributed by atoms with van der Waals surface area (Å²) in [5.74, 6) is -0.251. The van der Waals surface area contributed by atoms with Crippen LogP contribution in [0.5, 0.6) is 0 Å². The summed E-state index contributed by atoms with van der Waals surface area (Å²) in [6, 6.07) is 9.61. The van der Waals surface area contributed by atoms with Crippen LogP contribution in [0.4, 0.5) is 0 Å². The summed E-state index contributed by atoms with van der Waals surface area (Å²) < 4.78 is 0. The molecule has 3 nitrogen and oxygen atoms in total. The van der Waals surface area contributed by atoms with E-state index in [9.17, 15) is 9.59 Å². The molecule has 3 heteroatoms. The van der Waals surface area contributed by atoms with Crippen molar-refractivity contribution < 1.29 is 9.59 Å². The summed E-state index contributed by atoms with van der Waals surface area (Å²) in [5.41, 5.74) is 10.2. The summed E-state index contributed by atoms with van der Waals surface area (Å²) in [4.78, 5) is 24.1. The molecule has 2 N–H and O–H groups in total. The van der Waals surface area contributed by atoms with Crippen LogP contribution >= 0.6 is 0 Å². The predicted molar refractivity (Wildman–Crippen MR) is 125 cm³/mol. The zero-order chi connectivity index (χ0) is 22.3. The van der Waals surface area contributed by atoms with Crippen molar-refractivity contribution in [3.63, 3.8) is 0 Å². The quantitative estimate of drug-likeness (QED) is 0.339. The molecule has 1 atom stereocenters. The van der Waals surface area contributed by atoms with Crippen molar-refractivity contribution in [2.45, 2.75) is 47.5 Å². The van der Waals surface area contributed by atoms with Gasteiger partial charge < -0.3 is 5.73 Å². The van der Waals surface area contributed by atoms with Crippen molar-refractivity contribution in [3.8, 4) is 0 Å². The Labute approximate surface area is 180 Å². The standard InChI is InChI=1S/C27H33NO2/c1-19(10-9-11-20(2)18-25(28)29)14-16-23-21(3)15-17-24(27(23,4)5)26(30)22-12-7-6-8-13-22/h6-14,16,18,24H,15,17H2,1-5H3,(H2,28,29)/b11-9+,16-14+,19-10+,20-18+. The molecule has 0 heterocycles. The molecule has 0 fully saturated rings. The third kappa shape index (κ3) is 6.03. The number of amides is 1. The van der Waals surface area contributed by atoms with Gasteiger partial charge in [0.2, 0.25) is 5.91 Å². The van der Waals surface area contributed by atoms with Crippen LogP contribution in [0.3, 0.4) is 0 Å². The van der Waals surface area contributed by atoms with E-state index in [1.807, 2.05) is 62.4 Å². The Morgan fingerprint density at radius 1 is 1.07 bits per heavy atom. The van der Waals surface area contributed by atoms with Gasteiger partial charge in [-0.1, -0.05) is 85.7 Å². The second-order valence-electron chi connectivity index (χ2n) is 8.63.